The lowest BCUT2D eigenvalue weighted by molar-refractivity contribution is -0.299. The number of rotatable bonds is 1. The van der Waals surface area contributed by atoms with Gasteiger partial charge in [-0.25, -0.2) is 0 Å². The molecule has 0 radical (unpaired) electrons. The second-order valence-corrected chi connectivity index (χ2v) is 10.2. The highest BCUT2D eigenvalue weighted by Gasteiger charge is 2.73. The Hall–Kier alpha value is -1.18. The first kappa shape index (κ1) is 19.2. The molecule has 1 heterocycles. The predicted octanol–water partition coefficient (Wildman–Crippen LogP) is 1.08. The van der Waals surface area contributed by atoms with Gasteiger partial charge in [0.05, 0.1) is 30.1 Å². The normalized spacial score (nSPS) is 57.3. The smallest absolute Gasteiger partial charge is 0.309 e. The van der Waals surface area contributed by atoms with Crippen LogP contribution in [0.1, 0.15) is 59.3 Å². The van der Waals surface area contributed by atoms with Gasteiger partial charge in [-0.2, -0.15) is 0 Å². The fraction of sp³-hybridized carbons (Fsp3) is 0.900. The molecule has 152 valence electrons. The number of carbonyl (C=O) groups is 2. The molecular formula is C20H30O7. The lowest BCUT2D eigenvalue weighted by Crippen LogP contribution is -2.73. The summed E-state index contributed by atoms with van der Waals surface area (Å²) >= 11 is 0. The molecule has 3 saturated carbocycles. The van der Waals surface area contributed by atoms with Crippen LogP contribution >= 0.6 is 0 Å². The zero-order valence-corrected chi connectivity index (χ0v) is 16.1. The van der Waals surface area contributed by atoms with Crippen LogP contribution < -0.4 is 0 Å². The van der Waals surface area contributed by atoms with Crippen LogP contribution in [0.15, 0.2) is 0 Å². The van der Waals surface area contributed by atoms with Gasteiger partial charge in [0, 0.05) is 23.2 Å². The van der Waals surface area contributed by atoms with Crippen molar-refractivity contribution in [2.75, 3.05) is 0 Å². The highest BCUT2D eigenvalue weighted by molar-refractivity contribution is 5.75. The number of aliphatic hydroxyl groups is 3. The van der Waals surface area contributed by atoms with E-state index in [0.717, 1.165) is 0 Å². The van der Waals surface area contributed by atoms with Crippen LogP contribution in [0.5, 0.6) is 0 Å². The highest BCUT2D eigenvalue weighted by atomic mass is 16.6. The molecule has 7 heteroatoms. The third-order valence-corrected chi connectivity index (χ3v) is 8.64. The summed E-state index contributed by atoms with van der Waals surface area (Å²) in [6.45, 7) is 5.32. The number of carboxylic acid groups (broad SMARTS) is 1. The van der Waals surface area contributed by atoms with E-state index < -0.39 is 63.9 Å². The summed E-state index contributed by atoms with van der Waals surface area (Å²) in [6, 6.07) is 0. The van der Waals surface area contributed by atoms with Crippen LogP contribution in [-0.4, -0.2) is 56.3 Å². The van der Waals surface area contributed by atoms with Crippen LogP contribution in [0, 0.1) is 28.1 Å². The Kier molecular flexibility index (Phi) is 3.87. The Bertz CT molecular complexity index is 694. The van der Waals surface area contributed by atoms with Crippen LogP contribution in [0.4, 0.5) is 0 Å². The molecule has 0 unspecified atom stereocenters. The summed E-state index contributed by atoms with van der Waals surface area (Å²) in [4.78, 5) is 24.5. The third kappa shape index (κ3) is 2.25. The van der Waals surface area contributed by atoms with E-state index in [1.165, 1.54) is 0 Å². The fourth-order valence-corrected chi connectivity index (χ4v) is 7.62. The molecule has 2 bridgehead atoms. The maximum Gasteiger partial charge on any atom is 0.309 e. The van der Waals surface area contributed by atoms with Crippen molar-refractivity contribution in [1.29, 1.82) is 0 Å². The molecule has 1 saturated heterocycles. The van der Waals surface area contributed by atoms with Gasteiger partial charge >= 0.3 is 11.9 Å². The molecule has 0 amide bonds. The second kappa shape index (κ2) is 5.45. The highest BCUT2D eigenvalue weighted by Crippen LogP contribution is 2.70. The van der Waals surface area contributed by atoms with Gasteiger partial charge in [-0.05, 0) is 45.4 Å². The van der Waals surface area contributed by atoms with Crippen molar-refractivity contribution in [3.05, 3.63) is 0 Å². The van der Waals surface area contributed by atoms with Crippen molar-refractivity contribution in [3.8, 4) is 0 Å². The Morgan fingerprint density at radius 3 is 2.44 bits per heavy atom. The van der Waals surface area contributed by atoms with E-state index in [1.54, 1.807) is 13.8 Å². The predicted molar refractivity (Wildman–Crippen MR) is 93.5 cm³/mol. The summed E-state index contributed by atoms with van der Waals surface area (Å²) in [5.74, 6) is -2.39. The summed E-state index contributed by atoms with van der Waals surface area (Å²) in [6.07, 6.45) is -1.10. The Morgan fingerprint density at radius 1 is 1.15 bits per heavy atom. The number of carbonyl (C=O) groups excluding carboxylic acids is 1. The fourth-order valence-electron chi connectivity index (χ4n) is 7.62. The average molecular weight is 382 g/mol. The van der Waals surface area contributed by atoms with E-state index in [1.807, 2.05) is 6.92 Å². The summed E-state index contributed by atoms with van der Waals surface area (Å²) < 4.78 is 5.52. The quantitative estimate of drug-likeness (QED) is 0.500. The van der Waals surface area contributed by atoms with Crippen molar-refractivity contribution < 1.29 is 34.8 Å². The average Bonchev–Trinajstić information content (AvgIpc) is 2.52. The zero-order valence-electron chi connectivity index (χ0n) is 16.1. The summed E-state index contributed by atoms with van der Waals surface area (Å²) in [5.41, 5.74) is -3.73. The number of ether oxygens (including phenoxy) is 1. The lowest BCUT2D eigenvalue weighted by Gasteiger charge is -2.70. The monoisotopic (exact) mass is 382 g/mol. The third-order valence-electron chi connectivity index (χ3n) is 8.64. The SMILES string of the molecule is C[C@@]12C[C@H](O)[C@@H]3[C@](CC(=O)O1)(C2)[C@@H](O)C[C@H]1[C@@]3(C)[C@@H](O)CC[C@@]1(C)C(=O)O. The molecule has 0 aromatic heterocycles. The minimum Gasteiger partial charge on any atom is -0.481 e. The number of hydrogen-bond acceptors (Lipinski definition) is 6. The van der Waals surface area contributed by atoms with Crippen molar-refractivity contribution in [3.63, 3.8) is 0 Å². The van der Waals surface area contributed by atoms with E-state index in [0.29, 0.717) is 19.3 Å². The molecule has 4 fully saturated rings. The van der Waals surface area contributed by atoms with E-state index in [9.17, 15) is 30.0 Å². The number of fused-ring (bicyclic) bond motifs is 3. The second-order valence-electron chi connectivity index (χ2n) is 10.2. The molecule has 9 atom stereocenters. The number of aliphatic carboxylic acids is 1. The van der Waals surface area contributed by atoms with Gasteiger partial charge < -0.3 is 25.2 Å². The van der Waals surface area contributed by atoms with Gasteiger partial charge in [0.25, 0.3) is 0 Å². The minimum atomic E-state index is -1.09. The van der Waals surface area contributed by atoms with Gasteiger partial charge in [-0.3, -0.25) is 9.59 Å². The molecule has 1 spiro atoms. The van der Waals surface area contributed by atoms with Gasteiger partial charge in [-0.15, -0.1) is 0 Å². The first-order valence-corrected chi connectivity index (χ1v) is 9.88. The maximum absolute atomic E-state index is 12.4. The molecule has 4 rings (SSSR count). The number of carboxylic acids is 1. The maximum atomic E-state index is 12.4. The molecule has 4 N–H and O–H groups in total. The van der Waals surface area contributed by atoms with Crippen molar-refractivity contribution >= 4 is 11.9 Å². The Balaban J connectivity index is 1.89. The molecule has 4 aliphatic rings. The first-order chi connectivity index (χ1) is 12.4. The van der Waals surface area contributed by atoms with E-state index in [4.69, 9.17) is 4.74 Å². The van der Waals surface area contributed by atoms with E-state index >= 15 is 0 Å². The van der Waals surface area contributed by atoms with Crippen LogP contribution in [0.3, 0.4) is 0 Å². The number of aliphatic hydroxyl groups excluding tert-OH is 3. The number of hydrogen-bond donors (Lipinski definition) is 4. The molecule has 0 aromatic carbocycles. The van der Waals surface area contributed by atoms with Gasteiger partial charge in [0.1, 0.15) is 5.60 Å². The van der Waals surface area contributed by atoms with Crippen molar-refractivity contribution in [2.24, 2.45) is 28.1 Å². The summed E-state index contributed by atoms with van der Waals surface area (Å²) in [5, 5.41) is 43.3. The summed E-state index contributed by atoms with van der Waals surface area (Å²) in [7, 11) is 0. The first-order valence-electron chi connectivity index (χ1n) is 9.88. The molecule has 7 nitrogen and oxygen atoms in total. The topological polar surface area (TPSA) is 124 Å². The Labute approximate surface area is 158 Å². The number of esters is 1. The van der Waals surface area contributed by atoms with Gasteiger partial charge in [-0.1, -0.05) is 6.92 Å². The Morgan fingerprint density at radius 2 is 1.81 bits per heavy atom. The minimum absolute atomic E-state index is 0.00962. The lowest BCUT2D eigenvalue weighted by atomic mass is 9.37. The standard InChI is InChI=1S/C20H30O7/c1-17-7-10(21)15-19(3)11(18(2,16(25)26)5-4-12(19)22)6-13(23)20(15,9-17)8-14(24)27-17/h10-13,15,21-23H,4-9H2,1-3H3,(H,25,26)/t10-,11+,12-,13-,15-,17-,18+,19-,20+/m0/s1. The molecule has 3 aliphatic carbocycles. The zero-order chi connectivity index (χ0) is 20.0. The van der Waals surface area contributed by atoms with Crippen molar-refractivity contribution in [2.45, 2.75) is 83.2 Å². The van der Waals surface area contributed by atoms with E-state index in [2.05, 4.69) is 0 Å². The van der Waals surface area contributed by atoms with Crippen LogP contribution in [0.2, 0.25) is 0 Å². The largest absolute Gasteiger partial charge is 0.481 e. The molecule has 27 heavy (non-hydrogen) atoms. The van der Waals surface area contributed by atoms with Crippen molar-refractivity contribution in [1.82, 2.24) is 0 Å². The molecule has 0 aromatic rings. The van der Waals surface area contributed by atoms with Crippen LogP contribution in [0.25, 0.3) is 0 Å². The van der Waals surface area contributed by atoms with E-state index in [-0.39, 0.29) is 19.3 Å². The molecule has 1 aliphatic heterocycles. The van der Waals surface area contributed by atoms with Gasteiger partial charge in [0.15, 0.2) is 0 Å². The molecular weight excluding hydrogens is 352 g/mol. The van der Waals surface area contributed by atoms with Gasteiger partial charge in [0.2, 0.25) is 0 Å². The van der Waals surface area contributed by atoms with Crippen LogP contribution in [-0.2, 0) is 14.3 Å².